The molecule has 21 heavy (non-hydrogen) atoms. The highest BCUT2D eigenvalue weighted by Crippen LogP contribution is 2.37. The van der Waals surface area contributed by atoms with E-state index in [1.165, 1.54) is 26.0 Å². The number of carboxylic acid groups (broad SMARTS) is 1. The van der Waals surface area contributed by atoms with Crippen molar-refractivity contribution >= 4 is 5.97 Å². The second-order valence-electron chi connectivity index (χ2n) is 5.34. The number of hydrogen-bond acceptors (Lipinski definition) is 3. The standard InChI is InChI=1S/C14H18F3NO3/c1-13(2,12(19)20)8-21-11-4-3-9(5-6-18)7-10(11)14(15,16)17/h3-4,7H,5-6,8,18H2,1-2H3,(H,19,20). The van der Waals surface area contributed by atoms with Crippen molar-refractivity contribution in [1.29, 1.82) is 0 Å². The third kappa shape index (κ3) is 4.63. The van der Waals surface area contributed by atoms with Crippen LogP contribution in [-0.4, -0.2) is 24.2 Å². The molecular weight excluding hydrogens is 287 g/mol. The summed E-state index contributed by atoms with van der Waals surface area (Å²) in [5, 5.41) is 8.95. The smallest absolute Gasteiger partial charge is 0.419 e. The SMILES string of the molecule is CC(C)(COc1ccc(CCN)cc1C(F)(F)F)C(=O)O. The fourth-order valence-corrected chi connectivity index (χ4v) is 1.57. The summed E-state index contributed by atoms with van der Waals surface area (Å²) >= 11 is 0. The molecule has 3 N–H and O–H groups in total. The van der Waals surface area contributed by atoms with Crippen LogP contribution < -0.4 is 10.5 Å². The van der Waals surface area contributed by atoms with Crippen LogP contribution in [-0.2, 0) is 17.4 Å². The number of benzene rings is 1. The van der Waals surface area contributed by atoms with Gasteiger partial charge in [-0.25, -0.2) is 0 Å². The average Bonchev–Trinajstić information content (AvgIpc) is 2.36. The van der Waals surface area contributed by atoms with Crippen molar-refractivity contribution < 1.29 is 27.8 Å². The first-order valence-corrected chi connectivity index (χ1v) is 6.34. The minimum absolute atomic E-state index is 0.240. The predicted octanol–water partition coefficient (Wildman–Crippen LogP) is 2.70. The zero-order valence-electron chi connectivity index (χ0n) is 11.8. The van der Waals surface area contributed by atoms with Crippen molar-refractivity contribution in [3.05, 3.63) is 29.3 Å². The van der Waals surface area contributed by atoms with Crippen molar-refractivity contribution in [2.24, 2.45) is 11.1 Å². The molecule has 0 saturated carbocycles. The quantitative estimate of drug-likeness (QED) is 0.847. The largest absolute Gasteiger partial charge is 0.492 e. The molecule has 0 atom stereocenters. The third-order valence-electron chi connectivity index (χ3n) is 2.95. The molecule has 0 aromatic heterocycles. The number of nitrogens with two attached hydrogens (primary N) is 1. The van der Waals surface area contributed by atoms with Crippen LogP contribution in [0.1, 0.15) is 25.0 Å². The van der Waals surface area contributed by atoms with Crippen LogP contribution in [0.4, 0.5) is 13.2 Å². The molecule has 1 rings (SSSR count). The van der Waals surface area contributed by atoms with Crippen LogP contribution in [0.2, 0.25) is 0 Å². The maximum Gasteiger partial charge on any atom is 0.419 e. The minimum atomic E-state index is -4.58. The lowest BCUT2D eigenvalue weighted by molar-refractivity contribution is -0.148. The van der Waals surface area contributed by atoms with E-state index in [2.05, 4.69) is 0 Å². The van der Waals surface area contributed by atoms with Crippen LogP contribution in [0.3, 0.4) is 0 Å². The van der Waals surface area contributed by atoms with Crippen molar-refractivity contribution in [2.45, 2.75) is 26.4 Å². The maximum atomic E-state index is 13.0. The van der Waals surface area contributed by atoms with E-state index < -0.39 is 23.1 Å². The van der Waals surface area contributed by atoms with E-state index in [0.29, 0.717) is 12.0 Å². The number of rotatable bonds is 6. The molecule has 0 aliphatic rings. The average molecular weight is 305 g/mol. The minimum Gasteiger partial charge on any atom is -0.492 e. The van der Waals surface area contributed by atoms with Gasteiger partial charge in [-0.2, -0.15) is 13.2 Å². The molecule has 0 aliphatic carbocycles. The number of aliphatic carboxylic acids is 1. The number of halogens is 3. The Morgan fingerprint density at radius 1 is 1.33 bits per heavy atom. The highest BCUT2D eigenvalue weighted by molar-refractivity contribution is 5.73. The van der Waals surface area contributed by atoms with Crippen molar-refractivity contribution in [1.82, 2.24) is 0 Å². The van der Waals surface area contributed by atoms with Crippen molar-refractivity contribution in [3.8, 4) is 5.75 Å². The van der Waals surface area contributed by atoms with Gasteiger partial charge in [-0.3, -0.25) is 4.79 Å². The summed E-state index contributed by atoms with van der Waals surface area (Å²) in [4.78, 5) is 10.9. The highest BCUT2D eigenvalue weighted by Gasteiger charge is 2.36. The lowest BCUT2D eigenvalue weighted by Crippen LogP contribution is -2.31. The van der Waals surface area contributed by atoms with E-state index in [9.17, 15) is 18.0 Å². The van der Waals surface area contributed by atoms with Crippen LogP contribution in [0, 0.1) is 5.41 Å². The van der Waals surface area contributed by atoms with Crippen LogP contribution >= 0.6 is 0 Å². The summed E-state index contributed by atoms with van der Waals surface area (Å²) in [7, 11) is 0. The van der Waals surface area contributed by atoms with Crippen LogP contribution in [0.15, 0.2) is 18.2 Å². The first-order valence-electron chi connectivity index (χ1n) is 6.34. The second kappa shape index (κ2) is 6.34. The molecule has 0 amide bonds. The molecule has 0 aliphatic heterocycles. The highest BCUT2D eigenvalue weighted by atomic mass is 19.4. The number of carbonyl (C=O) groups is 1. The number of ether oxygens (including phenoxy) is 1. The number of alkyl halides is 3. The van der Waals surface area contributed by atoms with Gasteiger partial charge in [0, 0.05) is 0 Å². The van der Waals surface area contributed by atoms with E-state index in [4.69, 9.17) is 15.6 Å². The molecule has 7 heteroatoms. The molecule has 0 heterocycles. The summed E-state index contributed by atoms with van der Waals surface area (Å²) in [6.45, 7) is 2.64. The van der Waals surface area contributed by atoms with Gasteiger partial charge in [-0.1, -0.05) is 6.07 Å². The molecule has 1 aromatic rings. The van der Waals surface area contributed by atoms with Crippen LogP contribution in [0.25, 0.3) is 0 Å². The van der Waals surface area contributed by atoms with Gasteiger partial charge in [-0.15, -0.1) is 0 Å². The van der Waals surface area contributed by atoms with Gasteiger partial charge < -0.3 is 15.6 Å². The molecule has 0 fully saturated rings. The summed E-state index contributed by atoms with van der Waals surface area (Å²) in [6.07, 6.45) is -4.25. The van der Waals surface area contributed by atoms with E-state index in [1.54, 1.807) is 0 Å². The molecule has 0 bridgehead atoms. The summed E-state index contributed by atoms with van der Waals surface area (Å²) in [6, 6.07) is 3.67. The first-order chi connectivity index (χ1) is 9.58. The maximum absolute atomic E-state index is 13.0. The Kier molecular flexibility index (Phi) is 5.22. The summed E-state index contributed by atoms with van der Waals surface area (Å²) in [5.74, 6) is -1.52. The van der Waals surface area contributed by atoms with E-state index in [-0.39, 0.29) is 18.9 Å². The number of hydrogen-bond donors (Lipinski definition) is 2. The van der Waals surface area contributed by atoms with E-state index in [0.717, 1.165) is 6.07 Å². The Balaban J connectivity index is 3.04. The summed E-state index contributed by atoms with van der Waals surface area (Å²) < 4.78 is 44.1. The van der Waals surface area contributed by atoms with Gasteiger partial charge in [0.05, 0.1) is 11.0 Å². The molecule has 4 nitrogen and oxygen atoms in total. The molecule has 1 aromatic carbocycles. The topological polar surface area (TPSA) is 72.5 Å². The van der Waals surface area contributed by atoms with Gasteiger partial charge in [0.25, 0.3) is 0 Å². The molecular formula is C14H18F3NO3. The van der Waals surface area contributed by atoms with E-state index >= 15 is 0 Å². The Bertz CT molecular complexity index is 513. The van der Waals surface area contributed by atoms with Gasteiger partial charge in [-0.05, 0) is 44.5 Å². The van der Waals surface area contributed by atoms with Gasteiger partial charge in [0.15, 0.2) is 0 Å². The Labute approximate surface area is 120 Å². The fraction of sp³-hybridized carbons (Fsp3) is 0.500. The Morgan fingerprint density at radius 2 is 1.95 bits per heavy atom. The monoisotopic (exact) mass is 305 g/mol. The van der Waals surface area contributed by atoms with Crippen molar-refractivity contribution in [2.75, 3.05) is 13.2 Å². The normalized spacial score (nSPS) is 12.3. The summed E-state index contributed by atoms with van der Waals surface area (Å²) in [5.41, 5.74) is 3.58. The molecule has 0 unspecified atom stereocenters. The first kappa shape index (κ1) is 17.3. The Hall–Kier alpha value is -1.76. The fourth-order valence-electron chi connectivity index (χ4n) is 1.57. The van der Waals surface area contributed by atoms with Gasteiger partial charge in [0.2, 0.25) is 0 Å². The second-order valence-corrected chi connectivity index (χ2v) is 5.34. The zero-order valence-corrected chi connectivity index (χ0v) is 11.8. The Morgan fingerprint density at radius 3 is 2.43 bits per heavy atom. The molecule has 118 valence electrons. The third-order valence-corrected chi connectivity index (χ3v) is 2.95. The van der Waals surface area contributed by atoms with Gasteiger partial charge in [0.1, 0.15) is 12.4 Å². The zero-order chi connectivity index (χ0) is 16.3. The lowest BCUT2D eigenvalue weighted by atomic mass is 9.95. The van der Waals surface area contributed by atoms with Crippen LogP contribution in [0.5, 0.6) is 5.75 Å². The number of carboxylic acids is 1. The molecule has 0 radical (unpaired) electrons. The molecule has 0 spiro atoms. The predicted molar refractivity (Wildman–Crippen MR) is 71.1 cm³/mol. The van der Waals surface area contributed by atoms with Gasteiger partial charge >= 0.3 is 12.1 Å². The van der Waals surface area contributed by atoms with Crippen molar-refractivity contribution in [3.63, 3.8) is 0 Å². The molecule has 0 saturated heterocycles. The lowest BCUT2D eigenvalue weighted by Gasteiger charge is -2.21. The van der Waals surface area contributed by atoms with E-state index in [1.807, 2.05) is 0 Å².